The molecule has 4 rings (SSSR count). The third-order valence-electron chi connectivity index (χ3n) is 6.83. The summed E-state index contributed by atoms with van der Waals surface area (Å²) in [5.41, 5.74) is 2.03. The number of aliphatic carboxylic acids is 1. The maximum Gasteiger partial charge on any atom is 0.303 e. The van der Waals surface area contributed by atoms with E-state index in [1.165, 1.54) is 18.6 Å². The van der Waals surface area contributed by atoms with Gasteiger partial charge in [-0.3, -0.25) is 9.78 Å². The molecule has 2 fully saturated rings. The maximum absolute atomic E-state index is 11.5. The average molecular weight is 477 g/mol. The molecular formula is C25H33ClN2O3S. The van der Waals surface area contributed by atoms with Crippen LogP contribution in [0, 0.1) is 11.8 Å². The fraction of sp³-hybridized carbons (Fsp3) is 0.600. The van der Waals surface area contributed by atoms with Gasteiger partial charge in [0.15, 0.2) is 0 Å². The molecule has 2 atom stereocenters. The zero-order valence-electron chi connectivity index (χ0n) is 18.8. The summed E-state index contributed by atoms with van der Waals surface area (Å²) in [6, 6.07) is 5.89. The highest BCUT2D eigenvalue weighted by Gasteiger charge is 2.31. The number of aromatic nitrogens is 1. The highest BCUT2D eigenvalue weighted by Crippen LogP contribution is 2.35. The maximum atomic E-state index is 11.5. The van der Waals surface area contributed by atoms with Gasteiger partial charge in [-0.1, -0.05) is 11.6 Å². The van der Waals surface area contributed by atoms with E-state index in [0.717, 1.165) is 72.8 Å². The molecule has 1 aliphatic carbocycles. The van der Waals surface area contributed by atoms with E-state index in [0.29, 0.717) is 10.9 Å². The van der Waals surface area contributed by atoms with Crippen LogP contribution in [0.1, 0.15) is 44.1 Å². The van der Waals surface area contributed by atoms with Crippen LogP contribution < -0.4 is 4.74 Å². The van der Waals surface area contributed by atoms with E-state index in [2.05, 4.69) is 21.6 Å². The van der Waals surface area contributed by atoms with Crippen molar-refractivity contribution < 1.29 is 14.6 Å². The lowest BCUT2D eigenvalue weighted by atomic mass is 9.80. The number of nitrogens with zero attached hydrogens (tertiary/aromatic N) is 2. The van der Waals surface area contributed by atoms with Gasteiger partial charge >= 0.3 is 5.97 Å². The summed E-state index contributed by atoms with van der Waals surface area (Å²) in [6.45, 7) is 3.09. The lowest BCUT2D eigenvalue weighted by Gasteiger charge is -2.38. The molecule has 2 heterocycles. The highest BCUT2D eigenvalue weighted by molar-refractivity contribution is 8.00. The van der Waals surface area contributed by atoms with Gasteiger partial charge in [0.1, 0.15) is 5.75 Å². The first-order chi connectivity index (χ1) is 15.5. The quantitative estimate of drug-likeness (QED) is 0.460. The summed E-state index contributed by atoms with van der Waals surface area (Å²) in [5, 5.41) is 12.1. The molecule has 0 spiro atoms. The van der Waals surface area contributed by atoms with Gasteiger partial charge in [-0.15, -0.1) is 0 Å². The fourth-order valence-corrected chi connectivity index (χ4v) is 6.31. The summed E-state index contributed by atoms with van der Waals surface area (Å²) in [7, 11) is 1.67. The van der Waals surface area contributed by atoms with Gasteiger partial charge in [0, 0.05) is 42.1 Å². The summed E-state index contributed by atoms with van der Waals surface area (Å²) in [5.74, 6) is 1.99. The van der Waals surface area contributed by atoms with Crippen molar-refractivity contribution in [2.45, 2.75) is 50.2 Å². The molecule has 1 aromatic heterocycles. The summed E-state index contributed by atoms with van der Waals surface area (Å²) in [4.78, 5) is 18.5. The third kappa shape index (κ3) is 6.30. The van der Waals surface area contributed by atoms with Gasteiger partial charge in [-0.2, -0.15) is 11.8 Å². The second-order valence-electron chi connectivity index (χ2n) is 9.14. The lowest BCUT2D eigenvalue weighted by molar-refractivity contribution is -0.139. The minimum absolute atomic E-state index is 0.233. The molecule has 0 radical (unpaired) electrons. The monoisotopic (exact) mass is 476 g/mol. The Morgan fingerprint density at radius 2 is 2.16 bits per heavy atom. The van der Waals surface area contributed by atoms with Crippen LogP contribution in [0.3, 0.4) is 0 Å². The molecular weight excluding hydrogens is 444 g/mol. The Morgan fingerprint density at radius 1 is 1.31 bits per heavy atom. The first kappa shape index (κ1) is 23.7. The predicted molar refractivity (Wildman–Crippen MR) is 132 cm³/mol. The molecule has 0 amide bonds. The number of ether oxygens (including phenoxy) is 1. The van der Waals surface area contributed by atoms with Crippen molar-refractivity contribution in [2.24, 2.45) is 11.8 Å². The summed E-state index contributed by atoms with van der Waals surface area (Å²) < 4.78 is 5.39. The number of hydrogen-bond donors (Lipinski definition) is 1. The number of carboxylic acids is 1. The Hall–Kier alpha value is -1.50. The zero-order valence-corrected chi connectivity index (χ0v) is 20.3. The molecule has 1 aromatic carbocycles. The van der Waals surface area contributed by atoms with Crippen LogP contribution in [-0.2, 0) is 11.2 Å². The first-order valence-electron chi connectivity index (χ1n) is 11.7. The number of thioether (sulfide) groups is 1. The molecule has 32 heavy (non-hydrogen) atoms. The van der Waals surface area contributed by atoms with E-state index in [1.807, 2.05) is 18.2 Å². The number of methoxy groups -OCH3 is 1. The number of halogens is 1. The highest BCUT2D eigenvalue weighted by atomic mass is 35.5. The number of benzene rings is 1. The van der Waals surface area contributed by atoms with Crippen molar-refractivity contribution in [3.8, 4) is 5.75 Å². The molecule has 0 bridgehead atoms. The van der Waals surface area contributed by atoms with Gasteiger partial charge in [-0.05, 0) is 80.7 Å². The van der Waals surface area contributed by atoms with E-state index >= 15 is 0 Å². The Labute approximate surface area is 199 Å². The number of rotatable bonds is 11. The summed E-state index contributed by atoms with van der Waals surface area (Å²) in [6.07, 6.45) is 8.73. The predicted octanol–water partition coefficient (Wildman–Crippen LogP) is 5.53. The number of carbonyl (C=O) groups is 1. The van der Waals surface area contributed by atoms with E-state index < -0.39 is 5.97 Å². The van der Waals surface area contributed by atoms with Crippen LogP contribution >= 0.6 is 23.4 Å². The van der Waals surface area contributed by atoms with Gasteiger partial charge in [0.2, 0.25) is 0 Å². The molecule has 1 saturated heterocycles. The number of aryl methyl sites for hydroxylation is 1. The molecule has 1 N–H and O–H groups in total. The van der Waals surface area contributed by atoms with Crippen molar-refractivity contribution in [3.05, 3.63) is 35.0 Å². The normalized spacial score (nSPS) is 21.7. The number of likely N-dealkylation sites (tertiary alicyclic amines) is 1. The molecule has 174 valence electrons. The number of piperidine rings is 1. The molecule has 1 aliphatic heterocycles. The molecule has 0 unspecified atom stereocenters. The first-order valence-corrected chi connectivity index (χ1v) is 13.1. The van der Waals surface area contributed by atoms with Crippen molar-refractivity contribution in [1.82, 2.24) is 9.88 Å². The van der Waals surface area contributed by atoms with Crippen LogP contribution in [0.2, 0.25) is 5.02 Å². The molecule has 2 aromatic rings. The largest absolute Gasteiger partial charge is 0.497 e. The van der Waals surface area contributed by atoms with E-state index in [9.17, 15) is 9.90 Å². The SMILES string of the molecule is COc1ccc2ncc(Cl)c(CCC[C@@H]3CCN(CCSC4CC4)C[C@@H]3CC(=O)O)c2c1. The van der Waals surface area contributed by atoms with Crippen LogP contribution in [-0.4, -0.2) is 58.7 Å². The van der Waals surface area contributed by atoms with Crippen LogP contribution in [0.5, 0.6) is 5.75 Å². The van der Waals surface area contributed by atoms with Gasteiger partial charge < -0.3 is 14.7 Å². The minimum atomic E-state index is -0.676. The average Bonchev–Trinajstić information content (AvgIpc) is 3.60. The van der Waals surface area contributed by atoms with Crippen LogP contribution in [0.15, 0.2) is 24.4 Å². The van der Waals surface area contributed by atoms with Crippen molar-refractivity contribution in [2.75, 3.05) is 32.5 Å². The topological polar surface area (TPSA) is 62.7 Å². The smallest absolute Gasteiger partial charge is 0.303 e. The second-order valence-corrected chi connectivity index (χ2v) is 11.0. The Kier molecular flexibility index (Phi) is 8.19. The second kappa shape index (κ2) is 11.1. The van der Waals surface area contributed by atoms with Gasteiger partial charge in [-0.25, -0.2) is 0 Å². The minimum Gasteiger partial charge on any atom is -0.497 e. The van der Waals surface area contributed by atoms with E-state index in [1.54, 1.807) is 13.3 Å². The van der Waals surface area contributed by atoms with Crippen LogP contribution in [0.4, 0.5) is 0 Å². The molecule has 1 saturated carbocycles. The van der Waals surface area contributed by atoms with Crippen LogP contribution in [0.25, 0.3) is 10.9 Å². The van der Waals surface area contributed by atoms with E-state index in [4.69, 9.17) is 16.3 Å². The zero-order chi connectivity index (χ0) is 22.5. The Morgan fingerprint density at radius 3 is 2.91 bits per heavy atom. The number of pyridine rings is 1. The third-order valence-corrected chi connectivity index (χ3v) is 8.52. The number of carboxylic acid groups (broad SMARTS) is 1. The summed E-state index contributed by atoms with van der Waals surface area (Å²) >= 11 is 8.61. The number of fused-ring (bicyclic) bond motifs is 1. The Bertz CT molecular complexity index is 937. The van der Waals surface area contributed by atoms with E-state index in [-0.39, 0.29) is 12.3 Å². The fourth-order valence-electron chi connectivity index (χ4n) is 4.90. The standard InChI is InChI=1S/C25H33ClN2O3S/c1-31-19-5-8-24-22(14-19)21(23(26)15-27-24)4-2-3-17-9-10-28(11-12-32-20-6-7-20)16-18(17)13-25(29)30/h5,8,14-15,17-18,20H,2-4,6-7,9-13,16H2,1H3,(H,29,30)/t17-,18+/m1/s1. The van der Waals surface area contributed by atoms with Crippen molar-refractivity contribution in [1.29, 1.82) is 0 Å². The van der Waals surface area contributed by atoms with Crippen molar-refractivity contribution in [3.63, 3.8) is 0 Å². The molecule has 2 aliphatic rings. The van der Waals surface area contributed by atoms with Gasteiger partial charge in [0.05, 0.1) is 17.6 Å². The van der Waals surface area contributed by atoms with Gasteiger partial charge in [0.25, 0.3) is 0 Å². The van der Waals surface area contributed by atoms with Crippen molar-refractivity contribution >= 4 is 40.2 Å². The molecule has 5 nitrogen and oxygen atoms in total. The molecule has 7 heteroatoms. The number of hydrogen-bond acceptors (Lipinski definition) is 5. The Balaban J connectivity index is 1.35. The lowest BCUT2D eigenvalue weighted by Crippen LogP contribution is -2.42.